The molecule has 2 fully saturated rings. The highest BCUT2D eigenvalue weighted by Gasteiger charge is 2.34. The lowest BCUT2D eigenvalue weighted by Crippen LogP contribution is -2.31. The number of aromatic nitrogens is 5. The Morgan fingerprint density at radius 1 is 1.21 bits per heavy atom. The second-order valence-corrected chi connectivity index (χ2v) is 9.69. The molecule has 2 saturated carbocycles. The Bertz CT molecular complexity index is 1150. The first-order chi connectivity index (χ1) is 18.1. The molecule has 2 heterocycles. The molecule has 38 heavy (non-hydrogen) atoms. The third kappa shape index (κ3) is 6.90. The van der Waals surface area contributed by atoms with Crippen molar-refractivity contribution in [3.63, 3.8) is 0 Å². The van der Waals surface area contributed by atoms with Gasteiger partial charge in [0.25, 0.3) is 0 Å². The Morgan fingerprint density at radius 3 is 2.66 bits per heavy atom. The number of hydrogen-bond acceptors (Lipinski definition) is 9. The summed E-state index contributed by atoms with van der Waals surface area (Å²) in [5, 5.41) is 8.11. The number of nitrogens with zero attached hydrogens (tertiary/aromatic N) is 6. The minimum Gasteiger partial charge on any atom is -0.487 e. The second kappa shape index (κ2) is 11.5. The van der Waals surface area contributed by atoms with Crippen LogP contribution < -0.4 is 4.74 Å². The average molecular weight is 541 g/mol. The number of methoxy groups -OCH3 is 1. The van der Waals surface area contributed by atoms with E-state index in [1.54, 1.807) is 13.2 Å². The van der Waals surface area contributed by atoms with E-state index in [0.29, 0.717) is 23.6 Å². The molecule has 2 aromatic heterocycles. The first-order valence-electron chi connectivity index (χ1n) is 12.5. The number of alkyl halides is 3. The molecule has 2 aromatic rings. The SMILES string of the molecule is COC(=O)[C@H]1CCC[C@H](Oc2cnc(-c3nnn(C)c3COC(=O)N(C)CCC(F)(F)F)nc2C2CC2)C1. The van der Waals surface area contributed by atoms with Crippen LogP contribution in [0.15, 0.2) is 6.20 Å². The topological polar surface area (TPSA) is 122 Å². The molecule has 0 bridgehead atoms. The van der Waals surface area contributed by atoms with Gasteiger partial charge in [-0.05, 0) is 38.5 Å². The molecular formula is C24H31F3N6O5. The van der Waals surface area contributed by atoms with Crippen LogP contribution in [0.5, 0.6) is 5.75 Å². The first kappa shape index (κ1) is 27.6. The fraction of sp³-hybridized carbons (Fsp3) is 0.667. The number of amides is 1. The number of hydrogen-bond donors (Lipinski definition) is 0. The lowest BCUT2D eigenvalue weighted by atomic mass is 9.87. The Morgan fingerprint density at radius 2 is 1.97 bits per heavy atom. The highest BCUT2D eigenvalue weighted by molar-refractivity contribution is 5.72. The summed E-state index contributed by atoms with van der Waals surface area (Å²) in [4.78, 5) is 34.2. The summed E-state index contributed by atoms with van der Waals surface area (Å²) in [5.74, 6) is 0.636. The zero-order valence-electron chi connectivity index (χ0n) is 21.5. The van der Waals surface area contributed by atoms with Crippen molar-refractivity contribution in [3.8, 4) is 17.3 Å². The number of ether oxygens (including phenoxy) is 3. The minimum atomic E-state index is -4.37. The predicted octanol–water partition coefficient (Wildman–Crippen LogP) is 3.78. The maximum atomic E-state index is 12.5. The van der Waals surface area contributed by atoms with E-state index in [-0.39, 0.29) is 36.3 Å². The summed E-state index contributed by atoms with van der Waals surface area (Å²) in [5.41, 5.74) is 1.44. The number of rotatable bonds is 9. The van der Waals surface area contributed by atoms with Crippen LogP contribution in [0.4, 0.5) is 18.0 Å². The molecule has 4 rings (SSSR count). The predicted molar refractivity (Wildman–Crippen MR) is 126 cm³/mol. The van der Waals surface area contributed by atoms with Gasteiger partial charge in [-0.15, -0.1) is 5.10 Å². The quantitative estimate of drug-likeness (QED) is 0.437. The van der Waals surface area contributed by atoms with Gasteiger partial charge in [-0.25, -0.2) is 19.4 Å². The molecule has 0 spiro atoms. The van der Waals surface area contributed by atoms with Crippen LogP contribution in [0.3, 0.4) is 0 Å². The average Bonchev–Trinajstić information content (AvgIpc) is 3.67. The van der Waals surface area contributed by atoms with Gasteiger partial charge in [-0.2, -0.15) is 13.2 Å². The number of esters is 1. The zero-order valence-corrected chi connectivity index (χ0v) is 21.5. The van der Waals surface area contributed by atoms with Gasteiger partial charge in [-0.3, -0.25) is 4.79 Å². The van der Waals surface area contributed by atoms with Gasteiger partial charge in [0.15, 0.2) is 17.3 Å². The Labute approximate surface area is 217 Å². The smallest absolute Gasteiger partial charge is 0.409 e. The van der Waals surface area contributed by atoms with Crippen molar-refractivity contribution < 1.29 is 37.0 Å². The number of carbonyl (C=O) groups is 2. The molecule has 11 nitrogen and oxygen atoms in total. The van der Waals surface area contributed by atoms with Crippen LogP contribution in [0.25, 0.3) is 11.5 Å². The van der Waals surface area contributed by atoms with Crippen LogP contribution in [-0.2, 0) is 27.9 Å². The van der Waals surface area contributed by atoms with Crippen molar-refractivity contribution in [2.24, 2.45) is 13.0 Å². The van der Waals surface area contributed by atoms with Crippen LogP contribution >= 0.6 is 0 Å². The van der Waals surface area contributed by atoms with Crippen molar-refractivity contribution in [2.45, 2.75) is 69.8 Å². The monoisotopic (exact) mass is 540 g/mol. The molecule has 2 aliphatic rings. The van der Waals surface area contributed by atoms with E-state index in [4.69, 9.17) is 19.2 Å². The standard InChI is InChI=1S/C24H31F3N6O5/c1-32(10-9-24(25,26)27)23(35)37-13-17-20(30-31-33(17)2)21-28-12-18(19(29-21)14-7-8-14)38-16-6-4-5-15(11-16)22(34)36-3/h12,14-16H,4-11,13H2,1-3H3/t15-,16-/m0/s1. The molecular weight excluding hydrogens is 509 g/mol. The zero-order chi connectivity index (χ0) is 27.4. The van der Waals surface area contributed by atoms with E-state index in [9.17, 15) is 22.8 Å². The minimum absolute atomic E-state index is 0.152. The van der Waals surface area contributed by atoms with E-state index in [1.807, 2.05) is 0 Å². The highest BCUT2D eigenvalue weighted by Crippen LogP contribution is 2.44. The molecule has 0 saturated heterocycles. The molecule has 0 unspecified atom stereocenters. The molecule has 0 aliphatic heterocycles. The molecule has 0 N–H and O–H groups in total. The van der Waals surface area contributed by atoms with Crippen molar-refractivity contribution in [2.75, 3.05) is 20.7 Å². The molecule has 0 aromatic carbocycles. The first-order valence-corrected chi connectivity index (χ1v) is 12.5. The molecule has 2 atom stereocenters. The van der Waals surface area contributed by atoms with Gasteiger partial charge in [0.05, 0.1) is 37.4 Å². The highest BCUT2D eigenvalue weighted by atomic mass is 19.4. The van der Waals surface area contributed by atoms with Gasteiger partial charge >= 0.3 is 18.2 Å². The summed E-state index contributed by atoms with van der Waals surface area (Å²) in [7, 11) is 4.23. The Balaban J connectivity index is 1.46. The Hall–Kier alpha value is -3.45. The van der Waals surface area contributed by atoms with Crippen molar-refractivity contribution in [3.05, 3.63) is 17.6 Å². The van der Waals surface area contributed by atoms with Gasteiger partial charge in [-0.1, -0.05) is 5.21 Å². The van der Waals surface area contributed by atoms with Crippen molar-refractivity contribution >= 4 is 12.1 Å². The molecule has 0 radical (unpaired) electrons. The lowest BCUT2D eigenvalue weighted by molar-refractivity contribution is -0.147. The number of halogens is 3. The number of carbonyl (C=O) groups excluding carboxylic acids is 2. The molecule has 14 heteroatoms. The Kier molecular flexibility index (Phi) is 8.36. The normalized spacial score (nSPS) is 19.6. The molecule has 2 aliphatic carbocycles. The van der Waals surface area contributed by atoms with Crippen LogP contribution in [0.2, 0.25) is 0 Å². The summed E-state index contributed by atoms with van der Waals surface area (Å²) in [6, 6.07) is 0. The third-order valence-corrected chi connectivity index (χ3v) is 6.73. The lowest BCUT2D eigenvalue weighted by Gasteiger charge is -2.28. The molecule has 1 amide bonds. The van der Waals surface area contributed by atoms with Gasteiger partial charge in [0.2, 0.25) is 0 Å². The summed E-state index contributed by atoms with van der Waals surface area (Å²) >= 11 is 0. The van der Waals surface area contributed by atoms with Crippen molar-refractivity contribution in [1.29, 1.82) is 0 Å². The van der Waals surface area contributed by atoms with Crippen LogP contribution in [0.1, 0.15) is 62.3 Å². The fourth-order valence-electron chi connectivity index (χ4n) is 4.39. The van der Waals surface area contributed by atoms with Crippen LogP contribution in [0, 0.1) is 5.92 Å². The summed E-state index contributed by atoms with van der Waals surface area (Å²) in [6.07, 6.45) is -0.0461. The second-order valence-electron chi connectivity index (χ2n) is 9.69. The largest absolute Gasteiger partial charge is 0.487 e. The maximum Gasteiger partial charge on any atom is 0.409 e. The van der Waals surface area contributed by atoms with Crippen molar-refractivity contribution in [1.82, 2.24) is 29.9 Å². The van der Waals surface area contributed by atoms with Crippen LogP contribution in [-0.4, -0.2) is 74.9 Å². The van der Waals surface area contributed by atoms with Gasteiger partial charge in [0, 0.05) is 26.6 Å². The van der Waals surface area contributed by atoms with E-state index >= 15 is 0 Å². The molecule has 208 valence electrons. The fourth-order valence-corrected chi connectivity index (χ4v) is 4.39. The van der Waals surface area contributed by atoms with E-state index in [2.05, 4.69) is 15.3 Å². The van der Waals surface area contributed by atoms with E-state index < -0.39 is 25.2 Å². The maximum absolute atomic E-state index is 12.5. The van der Waals surface area contributed by atoms with E-state index in [0.717, 1.165) is 42.7 Å². The van der Waals surface area contributed by atoms with Gasteiger partial charge < -0.3 is 19.1 Å². The van der Waals surface area contributed by atoms with Gasteiger partial charge in [0.1, 0.15) is 12.3 Å². The number of aryl methyl sites for hydroxylation is 1. The summed E-state index contributed by atoms with van der Waals surface area (Å²) < 4.78 is 55.1. The third-order valence-electron chi connectivity index (χ3n) is 6.73. The van der Waals surface area contributed by atoms with E-state index in [1.165, 1.54) is 18.8 Å². The summed E-state index contributed by atoms with van der Waals surface area (Å²) in [6.45, 7) is -0.791.